The van der Waals surface area contributed by atoms with Gasteiger partial charge in [0.15, 0.2) is 5.11 Å². The minimum atomic E-state index is -0.676. The molecule has 2 aliphatic rings. The molecule has 1 aromatic rings. The first kappa shape index (κ1) is 13.2. The molecule has 0 aromatic carbocycles. The van der Waals surface area contributed by atoms with Crippen LogP contribution < -0.4 is 0 Å². The predicted molar refractivity (Wildman–Crippen MR) is 76.8 cm³/mol. The fourth-order valence-electron chi connectivity index (χ4n) is 2.97. The molecule has 2 atom stereocenters. The van der Waals surface area contributed by atoms with E-state index in [0.717, 1.165) is 12.1 Å². The highest BCUT2D eigenvalue weighted by Crippen LogP contribution is 2.37. The van der Waals surface area contributed by atoms with Crippen LogP contribution in [0.1, 0.15) is 25.0 Å². The molecule has 5 nitrogen and oxygen atoms in total. The molecule has 0 N–H and O–H groups in total. The van der Waals surface area contributed by atoms with Crippen molar-refractivity contribution in [1.29, 1.82) is 0 Å². The predicted octanol–water partition coefficient (Wildman–Crippen LogP) is 1.16. The molecule has 2 bridgehead atoms. The third-order valence-electron chi connectivity index (χ3n) is 3.98. The van der Waals surface area contributed by atoms with Crippen molar-refractivity contribution in [2.24, 2.45) is 5.92 Å². The van der Waals surface area contributed by atoms with Crippen LogP contribution in [-0.2, 0) is 9.59 Å². The van der Waals surface area contributed by atoms with E-state index in [2.05, 4.69) is 4.98 Å². The van der Waals surface area contributed by atoms with Gasteiger partial charge in [-0.15, -0.1) is 0 Å². The van der Waals surface area contributed by atoms with Gasteiger partial charge in [-0.05, 0) is 37.7 Å². The van der Waals surface area contributed by atoms with E-state index in [4.69, 9.17) is 12.2 Å². The number of fused-ring (bicyclic) bond motifs is 2. The van der Waals surface area contributed by atoms with Crippen LogP contribution in [0, 0.1) is 5.92 Å². The molecule has 1 aromatic heterocycles. The summed E-state index contributed by atoms with van der Waals surface area (Å²) in [5.74, 6) is -1.18. The van der Waals surface area contributed by atoms with Crippen molar-refractivity contribution >= 4 is 29.1 Å². The van der Waals surface area contributed by atoms with Gasteiger partial charge in [0.25, 0.3) is 0 Å². The molecule has 3 heterocycles. The lowest BCUT2D eigenvalue weighted by molar-refractivity contribution is -0.150. The zero-order valence-corrected chi connectivity index (χ0v) is 12.0. The Morgan fingerprint density at radius 1 is 1.35 bits per heavy atom. The van der Waals surface area contributed by atoms with Crippen LogP contribution in [0.2, 0.25) is 0 Å². The topological polar surface area (TPSA) is 53.5 Å². The minimum absolute atomic E-state index is 0.149. The van der Waals surface area contributed by atoms with Gasteiger partial charge in [-0.2, -0.15) is 0 Å². The minimum Gasteiger partial charge on any atom is -0.288 e. The number of carbonyl (C=O) groups excluding carboxylic acids is 2. The quantitative estimate of drug-likeness (QED) is 0.605. The summed E-state index contributed by atoms with van der Waals surface area (Å²) in [5, 5.41) is 0.346. The summed E-state index contributed by atoms with van der Waals surface area (Å²) in [6.07, 6.45) is 2.42. The van der Waals surface area contributed by atoms with Gasteiger partial charge in [-0.3, -0.25) is 24.4 Å². The van der Waals surface area contributed by atoms with Crippen LogP contribution in [0.3, 0.4) is 0 Å². The SMILES string of the molecule is CCN1C(=O)C2C(=O)N(CCC2c2ccccn2)C1=S. The largest absolute Gasteiger partial charge is 0.288 e. The summed E-state index contributed by atoms with van der Waals surface area (Å²) in [5.41, 5.74) is 0.808. The second-order valence-electron chi connectivity index (χ2n) is 4.98. The van der Waals surface area contributed by atoms with Gasteiger partial charge in [0.1, 0.15) is 5.92 Å². The molecule has 0 spiro atoms. The molecule has 3 rings (SSSR count). The van der Waals surface area contributed by atoms with Crippen LogP contribution in [0.15, 0.2) is 24.4 Å². The first-order valence-corrected chi connectivity index (χ1v) is 7.13. The Morgan fingerprint density at radius 2 is 2.15 bits per heavy atom. The maximum Gasteiger partial charge on any atom is 0.242 e. The van der Waals surface area contributed by atoms with Crippen LogP contribution in [0.25, 0.3) is 0 Å². The summed E-state index contributed by atoms with van der Waals surface area (Å²) in [6.45, 7) is 2.92. The van der Waals surface area contributed by atoms with Crippen molar-refractivity contribution in [3.05, 3.63) is 30.1 Å². The smallest absolute Gasteiger partial charge is 0.242 e. The molecule has 6 heteroatoms. The fraction of sp³-hybridized carbons (Fsp3) is 0.429. The van der Waals surface area contributed by atoms with Crippen molar-refractivity contribution < 1.29 is 9.59 Å². The van der Waals surface area contributed by atoms with Crippen molar-refractivity contribution in [2.75, 3.05) is 13.1 Å². The van der Waals surface area contributed by atoms with Crippen molar-refractivity contribution in [3.63, 3.8) is 0 Å². The van der Waals surface area contributed by atoms with E-state index in [1.165, 1.54) is 4.90 Å². The molecule has 2 unspecified atom stereocenters. The van der Waals surface area contributed by atoms with Crippen molar-refractivity contribution in [3.8, 4) is 0 Å². The fourth-order valence-corrected chi connectivity index (χ4v) is 3.37. The molecular formula is C14H15N3O2S. The summed E-state index contributed by atoms with van der Waals surface area (Å²) in [6, 6.07) is 5.59. The van der Waals surface area contributed by atoms with Gasteiger partial charge in [0.2, 0.25) is 11.8 Å². The number of amides is 2. The molecule has 2 amide bonds. The highest BCUT2D eigenvalue weighted by molar-refractivity contribution is 7.80. The summed E-state index contributed by atoms with van der Waals surface area (Å²) >= 11 is 5.24. The lowest BCUT2D eigenvalue weighted by atomic mass is 9.80. The zero-order chi connectivity index (χ0) is 14.3. The van der Waals surface area contributed by atoms with Gasteiger partial charge in [-0.25, -0.2) is 0 Å². The number of piperidine rings is 1. The number of thiocarbonyl (C=S) groups is 1. The maximum atomic E-state index is 12.5. The van der Waals surface area contributed by atoms with Crippen molar-refractivity contribution in [2.45, 2.75) is 19.3 Å². The lowest BCUT2D eigenvalue weighted by Crippen LogP contribution is -2.63. The van der Waals surface area contributed by atoms with E-state index in [1.54, 1.807) is 11.1 Å². The van der Waals surface area contributed by atoms with Crippen LogP contribution in [0.5, 0.6) is 0 Å². The first-order chi connectivity index (χ1) is 9.65. The Kier molecular flexibility index (Phi) is 3.25. The van der Waals surface area contributed by atoms with E-state index in [-0.39, 0.29) is 17.7 Å². The Bertz CT molecular complexity index is 571. The van der Waals surface area contributed by atoms with Crippen molar-refractivity contribution in [1.82, 2.24) is 14.8 Å². The highest BCUT2D eigenvalue weighted by atomic mass is 32.1. The average Bonchev–Trinajstić information content (AvgIpc) is 2.46. The molecule has 0 radical (unpaired) electrons. The summed E-state index contributed by atoms with van der Waals surface area (Å²) < 4.78 is 0. The molecule has 0 aliphatic carbocycles. The molecule has 2 fully saturated rings. The molecular weight excluding hydrogens is 274 g/mol. The molecule has 2 aliphatic heterocycles. The van der Waals surface area contributed by atoms with E-state index in [9.17, 15) is 9.59 Å². The normalized spacial score (nSPS) is 26.1. The number of hydrogen-bond donors (Lipinski definition) is 0. The number of hydrogen-bond acceptors (Lipinski definition) is 4. The Hall–Kier alpha value is -1.82. The number of pyridine rings is 1. The zero-order valence-electron chi connectivity index (χ0n) is 11.2. The van der Waals surface area contributed by atoms with Gasteiger partial charge in [0.05, 0.1) is 0 Å². The van der Waals surface area contributed by atoms with Gasteiger partial charge in [0, 0.05) is 30.9 Å². The Labute approximate surface area is 122 Å². The third kappa shape index (κ3) is 1.83. The monoisotopic (exact) mass is 289 g/mol. The van der Waals surface area contributed by atoms with E-state index in [1.807, 2.05) is 25.1 Å². The van der Waals surface area contributed by atoms with E-state index >= 15 is 0 Å². The Balaban J connectivity index is 2.00. The standard InChI is InChI=1S/C14H15N3O2S/c1-2-16-12(18)11-9(10-5-3-4-7-15-10)6-8-17(13(11)19)14(16)20/h3-5,7,9,11H,2,6,8H2,1H3. The van der Waals surface area contributed by atoms with Gasteiger partial charge in [-0.1, -0.05) is 6.07 Å². The second-order valence-corrected chi connectivity index (χ2v) is 5.35. The lowest BCUT2D eigenvalue weighted by Gasteiger charge is -2.45. The van der Waals surface area contributed by atoms with Crippen LogP contribution in [-0.4, -0.2) is 44.8 Å². The molecule has 2 saturated heterocycles. The highest BCUT2D eigenvalue weighted by Gasteiger charge is 2.50. The van der Waals surface area contributed by atoms with Crippen LogP contribution >= 0.6 is 12.2 Å². The summed E-state index contributed by atoms with van der Waals surface area (Å²) in [7, 11) is 0. The maximum absolute atomic E-state index is 12.5. The number of aromatic nitrogens is 1. The van der Waals surface area contributed by atoms with Gasteiger partial charge >= 0.3 is 0 Å². The second kappa shape index (κ2) is 4.94. The number of nitrogens with zero attached hydrogens (tertiary/aromatic N) is 3. The average molecular weight is 289 g/mol. The molecule has 0 saturated carbocycles. The Morgan fingerprint density at radius 3 is 2.80 bits per heavy atom. The third-order valence-corrected chi connectivity index (χ3v) is 4.42. The summed E-state index contributed by atoms with van der Waals surface area (Å²) in [4.78, 5) is 32.4. The molecule has 20 heavy (non-hydrogen) atoms. The van der Waals surface area contributed by atoms with Gasteiger partial charge < -0.3 is 0 Å². The molecule has 104 valence electrons. The van der Waals surface area contributed by atoms with E-state index in [0.29, 0.717) is 18.2 Å². The van der Waals surface area contributed by atoms with E-state index < -0.39 is 5.92 Å². The van der Waals surface area contributed by atoms with Crippen LogP contribution in [0.4, 0.5) is 0 Å². The number of carbonyl (C=O) groups is 2. The number of rotatable bonds is 2. The first-order valence-electron chi connectivity index (χ1n) is 6.72.